The van der Waals surface area contributed by atoms with Crippen molar-refractivity contribution in [2.75, 3.05) is 20.4 Å². The summed E-state index contributed by atoms with van der Waals surface area (Å²) in [4.78, 5) is 26.6. The number of methoxy groups -OCH3 is 1. The van der Waals surface area contributed by atoms with Crippen LogP contribution in [-0.2, 0) is 25.4 Å². The largest absolute Gasteiger partial charge is 0.464 e. The maximum absolute atomic E-state index is 12.7. The van der Waals surface area contributed by atoms with Crippen molar-refractivity contribution in [3.05, 3.63) is 34.9 Å². The van der Waals surface area contributed by atoms with Crippen LogP contribution in [0.25, 0.3) is 0 Å². The summed E-state index contributed by atoms with van der Waals surface area (Å²) in [6.45, 7) is 7.53. The monoisotopic (exact) mass is 399 g/mol. The normalized spacial score (nSPS) is 12.4. The molecule has 0 bridgehead atoms. The number of halogens is 1. The van der Waals surface area contributed by atoms with Crippen molar-refractivity contribution in [3.8, 4) is 0 Å². The lowest BCUT2D eigenvalue weighted by Crippen LogP contribution is -2.49. The molecule has 0 N–H and O–H groups in total. The fourth-order valence-corrected chi connectivity index (χ4v) is 2.43. The summed E-state index contributed by atoms with van der Waals surface area (Å²) >= 11 is 5.93. The lowest BCUT2D eigenvalue weighted by molar-refractivity contribution is -0.152. The molecule has 0 aliphatic carbocycles. The fraction of sp³-hybridized carbons (Fsp3) is 0.600. The Bertz CT molecular complexity index is 597. The first-order valence-electron chi connectivity index (χ1n) is 9.07. The van der Waals surface area contributed by atoms with Gasteiger partial charge in [0.15, 0.2) is 0 Å². The van der Waals surface area contributed by atoms with E-state index in [1.54, 1.807) is 32.9 Å². The molecule has 0 unspecified atom stereocenters. The van der Waals surface area contributed by atoms with Gasteiger partial charge in [0.25, 0.3) is 0 Å². The molecule has 0 saturated heterocycles. The molecule has 0 aromatic heterocycles. The summed E-state index contributed by atoms with van der Waals surface area (Å²) < 4.78 is 16.0. The number of carbonyl (C=O) groups is 2. The van der Waals surface area contributed by atoms with Gasteiger partial charge in [0, 0.05) is 18.6 Å². The lowest BCUT2D eigenvalue weighted by atomic mass is 10.1. The Balaban J connectivity index is 3.07. The van der Waals surface area contributed by atoms with E-state index in [0.29, 0.717) is 11.6 Å². The van der Waals surface area contributed by atoms with Crippen LogP contribution in [0.3, 0.4) is 0 Å². The standard InChI is InChI=1S/C20H30ClNO5/c1-6-7-12-26-18(23)17(13-15-8-10-16(21)11-9-15)22(14-25-5)19(24)27-20(2,3)4/h8-11,17H,6-7,12-14H2,1-5H3/t17-/m0/s1. The van der Waals surface area contributed by atoms with Crippen molar-refractivity contribution in [2.45, 2.75) is 58.6 Å². The second-order valence-corrected chi connectivity index (χ2v) is 7.67. The van der Waals surface area contributed by atoms with Crippen LogP contribution in [0.15, 0.2) is 24.3 Å². The van der Waals surface area contributed by atoms with Gasteiger partial charge in [0.1, 0.15) is 18.4 Å². The third-order valence-electron chi connectivity index (χ3n) is 3.63. The Kier molecular flexibility index (Phi) is 9.60. The van der Waals surface area contributed by atoms with Crippen LogP contribution in [0.1, 0.15) is 46.1 Å². The quantitative estimate of drug-likeness (QED) is 0.349. The van der Waals surface area contributed by atoms with E-state index >= 15 is 0 Å². The van der Waals surface area contributed by atoms with Crippen LogP contribution >= 0.6 is 11.6 Å². The summed E-state index contributed by atoms with van der Waals surface area (Å²) in [5, 5.41) is 0.599. The summed E-state index contributed by atoms with van der Waals surface area (Å²) in [5.41, 5.74) is 0.154. The van der Waals surface area contributed by atoms with Crippen molar-refractivity contribution in [1.29, 1.82) is 0 Å². The average molecular weight is 400 g/mol. The smallest absolute Gasteiger partial charge is 0.412 e. The van der Waals surface area contributed by atoms with E-state index in [9.17, 15) is 9.59 Å². The van der Waals surface area contributed by atoms with Gasteiger partial charge < -0.3 is 14.2 Å². The molecule has 0 fully saturated rings. The molecule has 27 heavy (non-hydrogen) atoms. The van der Waals surface area contributed by atoms with Crippen LogP contribution in [0, 0.1) is 0 Å². The lowest BCUT2D eigenvalue weighted by Gasteiger charge is -2.31. The van der Waals surface area contributed by atoms with E-state index in [2.05, 4.69) is 0 Å². The number of carbonyl (C=O) groups excluding carboxylic acids is 2. The molecule has 0 radical (unpaired) electrons. The Labute approximate surface area is 166 Å². The molecule has 0 saturated carbocycles. The van der Waals surface area contributed by atoms with Gasteiger partial charge in [-0.3, -0.25) is 4.90 Å². The number of ether oxygens (including phenoxy) is 3. The van der Waals surface area contributed by atoms with Gasteiger partial charge in [-0.25, -0.2) is 9.59 Å². The third-order valence-corrected chi connectivity index (χ3v) is 3.88. The van der Waals surface area contributed by atoms with Crippen molar-refractivity contribution in [2.24, 2.45) is 0 Å². The molecule has 0 aliphatic heterocycles. The van der Waals surface area contributed by atoms with Crippen LogP contribution in [0.5, 0.6) is 0 Å². The minimum absolute atomic E-state index is 0.0873. The van der Waals surface area contributed by atoms with E-state index < -0.39 is 23.7 Å². The Morgan fingerprint density at radius 2 is 1.81 bits per heavy atom. The number of benzene rings is 1. The van der Waals surface area contributed by atoms with E-state index in [0.717, 1.165) is 18.4 Å². The van der Waals surface area contributed by atoms with Gasteiger partial charge in [-0.05, 0) is 44.9 Å². The number of unbranched alkanes of at least 4 members (excludes halogenated alkanes) is 1. The van der Waals surface area contributed by atoms with Crippen LogP contribution in [-0.4, -0.2) is 49.1 Å². The summed E-state index contributed by atoms with van der Waals surface area (Å²) in [7, 11) is 1.46. The Morgan fingerprint density at radius 1 is 1.19 bits per heavy atom. The summed E-state index contributed by atoms with van der Waals surface area (Å²) in [6, 6.07) is 6.25. The van der Waals surface area contributed by atoms with E-state index in [-0.39, 0.29) is 13.2 Å². The van der Waals surface area contributed by atoms with E-state index in [4.69, 9.17) is 25.8 Å². The average Bonchev–Trinajstić information content (AvgIpc) is 2.58. The van der Waals surface area contributed by atoms with Crippen molar-refractivity contribution < 1.29 is 23.8 Å². The minimum Gasteiger partial charge on any atom is -0.464 e. The van der Waals surface area contributed by atoms with Crippen molar-refractivity contribution in [3.63, 3.8) is 0 Å². The predicted molar refractivity (Wildman–Crippen MR) is 105 cm³/mol. The second-order valence-electron chi connectivity index (χ2n) is 7.24. The van der Waals surface area contributed by atoms with Gasteiger partial charge in [0.2, 0.25) is 0 Å². The van der Waals surface area contributed by atoms with Gasteiger partial charge in [-0.15, -0.1) is 0 Å². The highest BCUT2D eigenvalue weighted by Crippen LogP contribution is 2.18. The van der Waals surface area contributed by atoms with Crippen LogP contribution in [0.2, 0.25) is 5.02 Å². The predicted octanol–water partition coefficient (Wildman–Crippen LogP) is 4.44. The maximum Gasteiger partial charge on any atom is 0.412 e. The van der Waals surface area contributed by atoms with Gasteiger partial charge in [0.05, 0.1) is 6.61 Å². The van der Waals surface area contributed by atoms with Crippen LogP contribution < -0.4 is 0 Å². The first-order chi connectivity index (χ1) is 12.7. The molecule has 0 heterocycles. The number of nitrogens with zero attached hydrogens (tertiary/aromatic N) is 1. The zero-order chi connectivity index (χ0) is 20.4. The molecule has 1 aromatic carbocycles. The molecular weight excluding hydrogens is 370 g/mol. The molecule has 1 atom stereocenters. The highest BCUT2D eigenvalue weighted by atomic mass is 35.5. The fourth-order valence-electron chi connectivity index (χ4n) is 2.31. The molecule has 1 amide bonds. The molecule has 1 rings (SSSR count). The summed E-state index contributed by atoms with van der Waals surface area (Å²) in [6.07, 6.45) is 1.31. The zero-order valence-corrected chi connectivity index (χ0v) is 17.5. The van der Waals surface area contributed by atoms with Gasteiger partial charge >= 0.3 is 12.1 Å². The Morgan fingerprint density at radius 3 is 2.33 bits per heavy atom. The van der Waals surface area contributed by atoms with Gasteiger partial charge in [-0.2, -0.15) is 0 Å². The SMILES string of the molecule is CCCCOC(=O)[C@H](Cc1ccc(Cl)cc1)N(COC)C(=O)OC(C)(C)C. The number of hydrogen-bond donors (Lipinski definition) is 0. The van der Waals surface area contributed by atoms with Crippen molar-refractivity contribution in [1.82, 2.24) is 4.90 Å². The number of hydrogen-bond acceptors (Lipinski definition) is 5. The first kappa shape index (κ1) is 23.2. The number of rotatable bonds is 9. The highest BCUT2D eigenvalue weighted by molar-refractivity contribution is 6.30. The van der Waals surface area contributed by atoms with Crippen LogP contribution in [0.4, 0.5) is 4.79 Å². The first-order valence-corrected chi connectivity index (χ1v) is 9.45. The molecule has 1 aromatic rings. The molecule has 152 valence electrons. The maximum atomic E-state index is 12.7. The van der Waals surface area contributed by atoms with Gasteiger partial charge in [-0.1, -0.05) is 37.1 Å². The number of amides is 1. The third kappa shape index (κ3) is 8.63. The number of esters is 1. The highest BCUT2D eigenvalue weighted by Gasteiger charge is 2.34. The molecule has 0 spiro atoms. The molecular formula is C20H30ClNO5. The second kappa shape index (κ2) is 11.1. The summed E-state index contributed by atoms with van der Waals surface area (Å²) in [5.74, 6) is -0.485. The topological polar surface area (TPSA) is 65.1 Å². The molecule has 6 nitrogen and oxygen atoms in total. The Hall–Kier alpha value is -1.79. The molecule has 7 heteroatoms. The minimum atomic E-state index is -0.863. The van der Waals surface area contributed by atoms with E-state index in [1.807, 2.05) is 19.1 Å². The van der Waals surface area contributed by atoms with E-state index in [1.165, 1.54) is 12.0 Å². The zero-order valence-electron chi connectivity index (χ0n) is 16.8. The van der Waals surface area contributed by atoms with Crippen molar-refractivity contribution >= 4 is 23.7 Å². The molecule has 0 aliphatic rings.